The van der Waals surface area contributed by atoms with Crippen LogP contribution in [0.1, 0.15) is 96.0 Å². The molecular formula is C29H47N3. The summed E-state index contributed by atoms with van der Waals surface area (Å²) in [5.74, 6) is 1.73. The first kappa shape index (κ1) is 23.8. The topological polar surface area (TPSA) is 43.0 Å². The molecule has 4 unspecified atom stereocenters. The fraction of sp³-hybridized carbons (Fsp3) is 0.724. The van der Waals surface area contributed by atoms with Crippen LogP contribution in [0.15, 0.2) is 30.5 Å². The van der Waals surface area contributed by atoms with Crippen molar-refractivity contribution >= 4 is 10.9 Å². The molecule has 0 saturated heterocycles. The number of para-hydroxylation sites is 1. The Bertz CT molecular complexity index is 836. The minimum absolute atomic E-state index is 0.0491. The molecule has 1 aromatic carbocycles. The van der Waals surface area contributed by atoms with Gasteiger partial charge in [0.05, 0.1) is 0 Å². The number of nitrogens with two attached hydrogens (primary N) is 1. The first-order valence-electron chi connectivity index (χ1n) is 13.6. The normalized spacial score (nSPS) is 30.8. The molecule has 0 bridgehead atoms. The van der Waals surface area contributed by atoms with Crippen LogP contribution in [0.25, 0.3) is 10.9 Å². The molecule has 1 heterocycles. The molecule has 4 rings (SSSR count). The van der Waals surface area contributed by atoms with E-state index < -0.39 is 0 Å². The van der Waals surface area contributed by atoms with E-state index >= 15 is 0 Å². The minimum atomic E-state index is 0.0491. The Hall–Kier alpha value is -1.32. The molecule has 0 spiro atoms. The van der Waals surface area contributed by atoms with Crippen molar-refractivity contribution in [2.75, 3.05) is 6.54 Å². The van der Waals surface area contributed by atoms with Crippen LogP contribution in [0, 0.1) is 11.8 Å². The molecule has 2 aliphatic carbocycles. The van der Waals surface area contributed by atoms with Crippen LogP contribution in [0.5, 0.6) is 0 Å². The smallest absolute Gasteiger partial charge is 0.0480 e. The van der Waals surface area contributed by atoms with Gasteiger partial charge in [-0.3, -0.25) is 0 Å². The second-order valence-corrected chi connectivity index (χ2v) is 11.4. The molecule has 3 N–H and O–H groups in total. The van der Waals surface area contributed by atoms with Crippen molar-refractivity contribution in [3.8, 4) is 0 Å². The summed E-state index contributed by atoms with van der Waals surface area (Å²) in [5.41, 5.74) is 9.63. The lowest BCUT2D eigenvalue weighted by atomic mass is 9.73. The molecule has 2 saturated carbocycles. The maximum absolute atomic E-state index is 6.76. The van der Waals surface area contributed by atoms with Crippen molar-refractivity contribution in [3.63, 3.8) is 0 Å². The van der Waals surface area contributed by atoms with Gasteiger partial charge in [-0.1, -0.05) is 69.6 Å². The van der Waals surface area contributed by atoms with Gasteiger partial charge in [-0.15, -0.1) is 0 Å². The molecule has 32 heavy (non-hydrogen) atoms. The van der Waals surface area contributed by atoms with E-state index in [4.69, 9.17) is 5.73 Å². The molecule has 3 nitrogen and oxygen atoms in total. The van der Waals surface area contributed by atoms with Gasteiger partial charge in [0.1, 0.15) is 0 Å². The number of fused-ring (bicyclic) bond motifs is 1. The standard InChI is InChI=1S/C29H47N3/c1-29(30)19-10-4-3-5-12-24(21-29)23-11-6-7-13-26(17-16-23)31-20-18-25-22-32(2)28-15-9-8-14-27(25)28/h8-9,14-15,22-24,26,31H,3-7,10-13,16-21,30H2,1-2H3. The quantitative estimate of drug-likeness (QED) is 0.545. The summed E-state index contributed by atoms with van der Waals surface area (Å²) in [6.07, 6.45) is 21.2. The zero-order valence-corrected chi connectivity index (χ0v) is 20.7. The van der Waals surface area contributed by atoms with Gasteiger partial charge in [0.15, 0.2) is 0 Å². The lowest BCUT2D eigenvalue weighted by Gasteiger charge is -2.36. The lowest BCUT2D eigenvalue weighted by Crippen LogP contribution is -2.40. The highest BCUT2D eigenvalue weighted by Crippen LogP contribution is 2.38. The molecule has 0 aliphatic heterocycles. The third kappa shape index (κ3) is 6.38. The predicted molar refractivity (Wildman–Crippen MR) is 138 cm³/mol. The van der Waals surface area contributed by atoms with Crippen molar-refractivity contribution in [2.45, 2.75) is 108 Å². The van der Waals surface area contributed by atoms with E-state index in [2.05, 4.69) is 54.3 Å². The Balaban J connectivity index is 1.30. The van der Waals surface area contributed by atoms with Crippen LogP contribution in [0.2, 0.25) is 0 Å². The van der Waals surface area contributed by atoms with E-state index in [1.54, 1.807) is 0 Å². The maximum Gasteiger partial charge on any atom is 0.0480 e. The van der Waals surface area contributed by atoms with Gasteiger partial charge >= 0.3 is 0 Å². The van der Waals surface area contributed by atoms with E-state index in [9.17, 15) is 0 Å². The molecule has 2 aromatic rings. The van der Waals surface area contributed by atoms with Crippen molar-refractivity contribution in [3.05, 3.63) is 36.0 Å². The Kier molecular flexibility index (Phi) is 8.34. The Morgan fingerprint density at radius 2 is 1.69 bits per heavy atom. The molecule has 2 aliphatic rings. The Morgan fingerprint density at radius 3 is 2.59 bits per heavy atom. The van der Waals surface area contributed by atoms with Crippen LogP contribution in [-0.2, 0) is 13.5 Å². The molecule has 0 amide bonds. The summed E-state index contributed by atoms with van der Waals surface area (Å²) in [4.78, 5) is 0. The van der Waals surface area contributed by atoms with Gasteiger partial charge in [-0.05, 0) is 75.5 Å². The van der Waals surface area contributed by atoms with E-state index in [0.717, 1.165) is 24.8 Å². The average molecular weight is 438 g/mol. The van der Waals surface area contributed by atoms with Gasteiger partial charge in [-0.25, -0.2) is 0 Å². The van der Waals surface area contributed by atoms with E-state index in [1.807, 2.05) is 0 Å². The molecule has 0 radical (unpaired) electrons. The van der Waals surface area contributed by atoms with Crippen LogP contribution in [0.3, 0.4) is 0 Å². The summed E-state index contributed by atoms with van der Waals surface area (Å²) >= 11 is 0. The number of nitrogens with one attached hydrogen (secondary N) is 1. The first-order chi connectivity index (χ1) is 15.5. The molecule has 2 fully saturated rings. The van der Waals surface area contributed by atoms with E-state index in [-0.39, 0.29) is 5.54 Å². The molecular weight excluding hydrogens is 390 g/mol. The fourth-order valence-electron chi connectivity index (χ4n) is 6.71. The summed E-state index contributed by atoms with van der Waals surface area (Å²) in [5, 5.41) is 5.37. The van der Waals surface area contributed by atoms with Crippen LogP contribution in [-0.4, -0.2) is 22.7 Å². The monoisotopic (exact) mass is 437 g/mol. The Labute approximate surface area is 196 Å². The van der Waals surface area contributed by atoms with E-state index in [1.165, 1.54) is 99.9 Å². The number of nitrogens with zero attached hydrogens (tertiary/aromatic N) is 1. The minimum Gasteiger partial charge on any atom is -0.350 e. The van der Waals surface area contributed by atoms with Gasteiger partial charge in [0.25, 0.3) is 0 Å². The number of aromatic nitrogens is 1. The highest BCUT2D eigenvalue weighted by Gasteiger charge is 2.30. The molecule has 4 atom stereocenters. The molecule has 178 valence electrons. The predicted octanol–water partition coefficient (Wildman–Crippen LogP) is 6.73. The summed E-state index contributed by atoms with van der Waals surface area (Å²) < 4.78 is 2.27. The average Bonchev–Trinajstić information content (AvgIpc) is 3.10. The Morgan fingerprint density at radius 1 is 0.938 bits per heavy atom. The van der Waals surface area contributed by atoms with E-state index in [0.29, 0.717) is 6.04 Å². The molecule has 1 aromatic heterocycles. The van der Waals surface area contributed by atoms with Crippen molar-refractivity contribution in [1.29, 1.82) is 0 Å². The largest absolute Gasteiger partial charge is 0.350 e. The maximum atomic E-state index is 6.76. The highest BCUT2D eigenvalue weighted by molar-refractivity contribution is 5.83. The second kappa shape index (κ2) is 11.2. The van der Waals surface area contributed by atoms with Gasteiger partial charge in [0, 0.05) is 35.7 Å². The van der Waals surface area contributed by atoms with Crippen molar-refractivity contribution in [1.82, 2.24) is 9.88 Å². The van der Waals surface area contributed by atoms with Crippen LogP contribution >= 0.6 is 0 Å². The van der Waals surface area contributed by atoms with Crippen molar-refractivity contribution in [2.24, 2.45) is 24.6 Å². The van der Waals surface area contributed by atoms with Gasteiger partial charge < -0.3 is 15.6 Å². The SMILES string of the molecule is Cn1cc(CCNC2CCCCC(C3CCCCCCC(C)(N)C3)CC2)c2ccccc21. The number of benzene rings is 1. The van der Waals surface area contributed by atoms with Crippen molar-refractivity contribution < 1.29 is 0 Å². The highest BCUT2D eigenvalue weighted by atomic mass is 14.9. The van der Waals surface area contributed by atoms with Crippen LogP contribution < -0.4 is 11.1 Å². The summed E-state index contributed by atoms with van der Waals surface area (Å²) in [6, 6.07) is 9.49. The number of aryl methyl sites for hydroxylation is 1. The zero-order chi connectivity index (χ0) is 22.4. The summed E-state index contributed by atoms with van der Waals surface area (Å²) in [6.45, 7) is 3.42. The zero-order valence-electron chi connectivity index (χ0n) is 20.7. The first-order valence-corrected chi connectivity index (χ1v) is 13.6. The third-order valence-electron chi connectivity index (χ3n) is 8.54. The summed E-state index contributed by atoms with van der Waals surface area (Å²) in [7, 11) is 2.16. The van der Waals surface area contributed by atoms with Crippen LogP contribution in [0.4, 0.5) is 0 Å². The van der Waals surface area contributed by atoms with Gasteiger partial charge in [0.2, 0.25) is 0 Å². The lowest BCUT2D eigenvalue weighted by molar-refractivity contribution is 0.189. The fourth-order valence-corrected chi connectivity index (χ4v) is 6.71. The second-order valence-electron chi connectivity index (χ2n) is 11.4. The third-order valence-corrected chi connectivity index (χ3v) is 8.54. The van der Waals surface area contributed by atoms with Gasteiger partial charge in [-0.2, -0.15) is 0 Å². The molecule has 3 heteroatoms. The number of rotatable bonds is 5. The number of hydrogen-bond donors (Lipinski definition) is 2. The number of hydrogen-bond acceptors (Lipinski definition) is 2.